The highest BCUT2D eigenvalue weighted by Gasteiger charge is 2.26. The largest absolute Gasteiger partial charge is 0.497 e. The fourth-order valence-corrected chi connectivity index (χ4v) is 4.12. The van der Waals surface area contributed by atoms with Gasteiger partial charge in [-0.25, -0.2) is 12.7 Å². The third-order valence-electron chi connectivity index (χ3n) is 4.70. The molecule has 1 aliphatic rings. The van der Waals surface area contributed by atoms with Gasteiger partial charge in [0.05, 0.1) is 20.5 Å². The van der Waals surface area contributed by atoms with Gasteiger partial charge in [0.15, 0.2) is 0 Å². The second-order valence-electron chi connectivity index (χ2n) is 6.62. The Morgan fingerprint density at radius 2 is 2.08 bits per heavy atom. The Morgan fingerprint density at radius 1 is 1.31 bits per heavy atom. The smallest absolute Gasteiger partial charge is 0.220 e. The van der Waals surface area contributed by atoms with Crippen molar-refractivity contribution in [2.75, 3.05) is 33.6 Å². The molecular formula is C18H28N2O5S. The quantitative estimate of drug-likeness (QED) is 0.738. The minimum atomic E-state index is -3.15. The van der Waals surface area contributed by atoms with Crippen LogP contribution >= 0.6 is 0 Å². The van der Waals surface area contributed by atoms with Crippen molar-refractivity contribution in [1.29, 1.82) is 0 Å². The fourth-order valence-electron chi connectivity index (χ4n) is 3.18. The van der Waals surface area contributed by atoms with Crippen molar-refractivity contribution >= 4 is 15.9 Å². The van der Waals surface area contributed by atoms with Crippen LogP contribution in [-0.2, 0) is 21.4 Å². The van der Waals surface area contributed by atoms with Crippen molar-refractivity contribution in [3.63, 3.8) is 0 Å². The van der Waals surface area contributed by atoms with Gasteiger partial charge in [-0.15, -0.1) is 0 Å². The molecule has 1 aliphatic heterocycles. The lowest BCUT2D eigenvalue weighted by Crippen LogP contribution is -2.39. The summed E-state index contributed by atoms with van der Waals surface area (Å²) in [6.07, 6.45) is 4.14. The number of rotatable bonds is 8. The highest BCUT2D eigenvalue weighted by Crippen LogP contribution is 2.25. The van der Waals surface area contributed by atoms with Crippen molar-refractivity contribution < 1.29 is 22.7 Å². The van der Waals surface area contributed by atoms with Crippen LogP contribution in [0.15, 0.2) is 18.2 Å². The van der Waals surface area contributed by atoms with Crippen molar-refractivity contribution in [3.8, 4) is 11.5 Å². The van der Waals surface area contributed by atoms with E-state index in [1.807, 2.05) is 12.1 Å². The van der Waals surface area contributed by atoms with E-state index < -0.39 is 10.0 Å². The molecule has 1 atom stereocenters. The van der Waals surface area contributed by atoms with Gasteiger partial charge in [-0.1, -0.05) is 0 Å². The topological polar surface area (TPSA) is 84.9 Å². The number of sulfonamides is 1. The molecule has 26 heavy (non-hydrogen) atoms. The lowest BCUT2D eigenvalue weighted by atomic mass is 9.94. The molecule has 1 amide bonds. The fraction of sp³-hybridized carbons (Fsp3) is 0.611. The number of hydrogen-bond acceptors (Lipinski definition) is 5. The summed E-state index contributed by atoms with van der Waals surface area (Å²) in [5.41, 5.74) is 0.877. The zero-order chi connectivity index (χ0) is 19.2. The van der Waals surface area contributed by atoms with Gasteiger partial charge >= 0.3 is 0 Å². The highest BCUT2D eigenvalue weighted by atomic mass is 32.2. The number of amides is 1. The van der Waals surface area contributed by atoms with Crippen LogP contribution in [0.5, 0.6) is 11.5 Å². The number of nitrogens with one attached hydrogen (secondary N) is 1. The molecule has 2 rings (SSSR count). The average molecular weight is 384 g/mol. The number of piperidine rings is 1. The highest BCUT2D eigenvalue weighted by molar-refractivity contribution is 7.88. The Bertz CT molecular complexity index is 720. The second-order valence-corrected chi connectivity index (χ2v) is 8.60. The van der Waals surface area contributed by atoms with E-state index in [4.69, 9.17) is 9.47 Å². The van der Waals surface area contributed by atoms with E-state index in [9.17, 15) is 13.2 Å². The summed E-state index contributed by atoms with van der Waals surface area (Å²) >= 11 is 0. The number of ether oxygens (including phenoxy) is 2. The SMILES string of the molecule is COc1ccc(CNC(=O)CC[C@@H]2CCCN(S(C)(=O)=O)C2)c(OC)c1. The molecular weight excluding hydrogens is 356 g/mol. The second kappa shape index (κ2) is 9.23. The first-order valence-corrected chi connectivity index (χ1v) is 10.6. The third-order valence-corrected chi connectivity index (χ3v) is 5.97. The predicted molar refractivity (Wildman–Crippen MR) is 99.8 cm³/mol. The van der Waals surface area contributed by atoms with Gasteiger partial charge in [-0.05, 0) is 37.3 Å². The molecule has 0 unspecified atom stereocenters. The van der Waals surface area contributed by atoms with Crippen molar-refractivity contribution in [3.05, 3.63) is 23.8 Å². The van der Waals surface area contributed by atoms with Crippen molar-refractivity contribution in [2.24, 2.45) is 5.92 Å². The van der Waals surface area contributed by atoms with Crippen LogP contribution in [-0.4, -0.2) is 52.2 Å². The maximum atomic E-state index is 12.2. The first-order chi connectivity index (χ1) is 12.3. The van der Waals surface area contributed by atoms with Crippen LogP contribution in [0.25, 0.3) is 0 Å². The molecule has 0 spiro atoms. The molecule has 1 heterocycles. The lowest BCUT2D eigenvalue weighted by molar-refractivity contribution is -0.121. The molecule has 0 saturated carbocycles. The molecule has 1 aromatic rings. The van der Waals surface area contributed by atoms with Gasteiger partial charge in [0.2, 0.25) is 15.9 Å². The molecule has 0 radical (unpaired) electrons. The lowest BCUT2D eigenvalue weighted by Gasteiger charge is -2.30. The molecule has 0 aliphatic carbocycles. The summed E-state index contributed by atoms with van der Waals surface area (Å²) in [7, 11) is 0.0213. The van der Waals surface area contributed by atoms with Gasteiger partial charge in [0.25, 0.3) is 0 Å². The Balaban J connectivity index is 1.81. The maximum absolute atomic E-state index is 12.2. The Labute approximate surface area is 155 Å². The van der Waals surface area contributed by atoms with Crippen LogP contribution in [0.1, 0.15) is 31.2 Å². The van der Waals surface area contributed by atoms with E-state index in [2.05, 4.69) is 5.32 Å². The third kappa shape index (κ3) is 5.88. The first-order valence-electron chi connectivity index (χ1n) is 8.76. The summed E-state index contributed by atoms with van der Waals surface area (Å²) in [6, 6.07) is 5.47. The molecule has 1 fully saturated rings. The molecule has 8 heteroatoms. The van der Waals surface area contributed by atoms with Crippen LogP contribution in [0, 0.1) is 5.92 Å². The molecule has 146 valence electrons. The van der Waals surface area contributed by atoms with Gasteiger partial charge in [-0.2, -0.15) is 0 Å². The molecule has 1 aromatic carbocycles. The van der Waals surface area contributed by atoms with E-state index in [1.54, 1.807) is 20.3 Å². The predicted octanol–water partition coefficient (Wildman–Crippen LogP) is 1.77. The summed E-state index contributed by atoms with van der Waals surface area (Å²) in [5, 5.41) is 2.90. The van der Waals surface area contributed by atoms with Crippen LogP contribution < -0.4 is 14.8 Å². The zero-order valence-corrected chi connectivity index (χ0v) is 16.5. The molecule has 1 saturated heterocycles. The molecule has 0 bridgehead atoms. The zero-order valence-electron chi connectivity index (χ0n) is 15.7. The van der Waals surface area contributed by atoms with E-state index in [0.29, 0.717) is 44.0 Å². The van der Waals surface area contributed by atoms with Gasteiger partial charge in [-0.3, -0.25) is 4.79 Å². The Hall–Kier alpha value is -1.80. The first kappa shape index (κ1) is 20.5. The summed E-state index contributed by atoms with van der Waals surface area (Å²) < 4.78 is 35.3. The number of carbonyl (C=O) groups is 1. The van der Waals surface area contributed by atoms with Crippen LogP contribution in [0.2, 0.25) is 0 Å². The molecule has 7 nitrogen and oxygen atoms in total. The van der Waals surface area contributed by atoms with Gasteiger partial charge in [0.1, 0.15) is 11.5 Å². The minimum absolute atomic E-state index is 0.0423. The summed E-state index contributed by atoms with van der Waals surface area (Å²) in [5.74, 6) is 1.56. The summed E-state index contributed by atoms with van der Waals surface area (Å²) in [4.78, 5) is 12.2. The van der Waals surface area contributed by atoms with E-state index >= 15 is 0 Å². The Morgan fingerprint density at radius 3 is 2.73 bits per heavy atom. The monoisotopic (exact) mass is 384 g/mol. The molecule has 0 aromatic heterocycles. The average Bonchev–Trinajstić information content (AvgIpc) is 2.64. The Kier molecular flexibility index (Phi) is 7.28. The van der Waals surface area contributed by atoms with E-state index in [0.717, 1.165) is 18.4 Å². The number of methoxy groups -OCH3 is 2. The van der Waals surface area contributed by atoms with Crippen LogP contribution in [0.4, 0.5) is 0 Å². The minimum Gasteiger partial charge on any atom is -0.497 e. The van der Waals surface area contributed by atoms with E-state index in [1.165, 1.54) is 10.6 Å². The number of hydrogen-bond donors (Lipinski definition) is 1. The van der Waals surface area contributed by atoms with Gasteiger partial charge in [0, 0.05) is 37.7 Å². The van der Waals surface area contributed by atoms with Crippen LogP contribution in [0.3, 0.4) is 0 Å². The standard InChI is InChI=1S/C18H28N2O5S/c1-24-16-8-7-15(17(11-16)25-2)12-19-18(21)9-6-14-5-4-10-20(13-14)26(3,22)23/h7-8,11,14H,4-6,9-10,12-13H2,1-3H3,(H,19,21)/t14-/m0/s1. The van der Waals surface area contributed by atoms with Gasteiger partial charge < -0.3 is 14.8 Å². The van der Waals surface area contributed by atoms with E-state index in [-0.39, 0.29) is 11.8 Å². The normalized spacial score (nSPS) is 18.3. The number of benzene rings is 1. The van der Waals surface area contributed by atoms with Crippen molar-refractivity contribution in [1.82, 2.24) is 9.62 Å². The molecule has 1 N–H and O–H groups in total. The number of nitrogens with zero attached hydrogens (tertiary/aromatic N) is 1. The number of carbonyl (C=O) groups excluding carboxylic acids is 1. The maximum Gasteiger partial charge on any atom is 0.220 e. The van der Waals surface area contributed by atoms with Crippen molar-refractivity contribution in [2.45, 2.75) is 32.2 Å². The summed E-state index contributed by atoms with van der Waals surface area (Å²) in [6.45, 7) is 1.48.